The highest BCUT2D eigenvalue weighted by Gasteiger charge is 2.34. The zero-order valence-corrected chi connectivity index (χ0v) is 16.8. The van der Waals surface area contributed by atoms with Gasteiger partial charge in [0.1, 0.15) is 5.82 Å². The Labute approximate surface area is 176 Å². The van der Waals surface area contributed by atoms with Crippen molar-refractivity contribution in [2.75, 3.05) is 6.54 Å². The summed E-state index contributed by atoms with van der Waals surface area (Å²) >= 11 is 7.10. The summed E-state index contributed by atoms with van der Waals surface area (Å²) in [5.41, 5.74) is 2.05. The van der Waals surface area contributed by atoms with Crippen LogP contribution in [0.15, 0.2) is 66.2 Å². The van der Waals surface area contributed by atoms with Crippen molar-refractivity contribution in [2.24, 2.45) is 0 Å². The van der Waals surface area contributed by atoms with Gasteiger partial charge < -0.3 is 4.57 Å². The number of hydrogen-bond acceptors (Lipinski definition) is 3. The normalized spacial score (nSPS) is 15.7. The fraction of sp³-hybridized carbons (Fsp3) is 0.0909. The Balaban J connectivity index is 1.77. The predicted molar refractivity (Wildman–Crippen MR) is 115 cm³/mol. The molecular formula is C22H16ClFN2O2S. The van der Waals surface area contributed by atoms with Gasteiger partial charge in [-0.05, 0) is 36.0 Å². The molecule has 0 unspecified atom stereocenters. The highest BCUT2D eigenvalue weighted by Crippen LogP contribution is 2.34. The molecule has 1 aliphatic rings. The van der Waals surface area contributed by atoms with Gasteiger partial charge in [0.05, 0.1) is 11.4 Å². The first kappa shape index (κ1) is 19.5. The lowest BCUT2D eigenvalue weighted by Crippen LogP contribution is -2.27. The number of carbonyl (C=O) groups excluding carboxylic acids is 2. The number of halogens is 2. The largest absolute Gasteiger partial charge is 0.342 e. The fourth-order valence-electron chi connectivity index (χ4n) is 3.30. The lowest BCUT2D eigenvalue weighted by molar-refractivity contribution is -0.122. The van der Waals surface area contributed by atoms with Gasteiger partial charge in [-0.2, -0.15) is 0 Å². The Morgan fingerprint density at radius 2 is 1.93 bits per heavy atom. The van der Waals surface area contributed by atoms with Crippen LogP contribution in [0.5, 0.6) is 0 Å². The molecule has 146 valence electrons. The third-order valence-corrected chi connectivity index (χ3v) is 5.94. The van der Waals surface area contributed by atoms with E-state index in [9.17, 15) is 14.0 Å². The number of benzene rings is 2. The molecule has 0 spiro atoms. The molecule has 0 N–H and O–H groups in total. The average Bonchev–Trinajstić information content (AvgIpc) is 3.18. The van der Waals surface area contributed by atoms with E-state index in [1.54, 1.807) is 18.2 Å². The summed E-state index contributed by atoms with van der Waals surface area (Å²) in [5.74, 6) is -0.712. The molecule has 0 aliphatic carbocycles. The minimum absolute atomic E-state index is 0.176. The summed E-state index contributed by atoms with van der Waals surface area (Å²) in [6.45, 7) is 4.00. The van der Waals surface area contributed by atoms with Crippen molar-refractivity contribution < 1.29 is 14.0 Å². The predicted octanol–water partition coefficient (Wildman–Crippen LogP) is 5.70. The van der Waals surface area contributed by atoms with Gasteiger partial charge in [-0.3, -0.25) is 14.5 Å². The van der Waals surface area contributed by atoms with E-state index in [1.165, 1.54) is 12.1 Å². The number of hydrogen-bond donors (Lipinski definition) is 0. The second kappa shape index (κ2) is 7.89. The molecule has 1 saturated heterocycles. The molecule has 29 heavy (non-hydrogen) atoms. The van der Waals surface area contributed by atoms with E-state index in [1.807, 2.05) is 35.0 Å². The highest BCUT2D eigenvalue weighted by atomic mass is 35.5. The summed E-state index contributed by atoms with van der Waals surface area (Å²) in [6.07, 6.45) is 5.06. The van der Waals surface area contributed by atoms with Gasteiger partial charge in [-0.15, -0.1) is 6.58 Å². The first-order valence-corrected chi connectivity index (χ1v) is 10.1. The molecular weight excluding hydrogens is 411 g/mol. The topological polar surface area (TPSA) is 42.3 Å². The van der Waals surface area contributed by atoms with Crippen LogP contribution >= 0.6 is 23.4 Å². The number of nitrogens with zero attached hydrogens (tertiary/aromatic N) is 2. The number of amides is 2. The first-order valence-electron chi connectivity index (χ1n) is 8.86. The molecule has 0 bridgehead atoms. The summed E-state index contributed by atoms with van der Waals surface area (Å²) in [7, 11) is 0. The van der Waals surface area contributed by atoms with E-state index >= 15 is 0 Å². The van der Waals surface area contributed by atoms with Crippen molar-refractivity contribution in [1.29, 1.82) is 0 Å². The van der Waals surface area contributed by atoms with Crippen LogP contribution in [0.3, 0.4) is 0 Å². The molecule has 2 aromatic carbocycles. The Kier molecular flexibility index (Phi) is 5.30. The van der Waals surface area contributed by atoms with Crippen LogP contribution < -0.4 is 0 Å². The molecule has 4 rings (SSSR count). The standard InChI is InChI=1S/C22H16ClFN2O2S/c1-2-10-26-21(27)20(29-22(26)28)11-14-12-25(19-9-4-3-6-15(14)19)13-16-17(23)7-5-8-18(16)24/h2-9,11-12H,1,10,13H2/b20-11-. The maximum atomic E-state index is 14.3. The van der Waals surface area contributed by atoms with Gasteiger partial charge >= 0.3 is 0 Å². The Morgan fingerprint density at radius 1 is 1.14 bits per heavy atom. The minimum Gasteiger partial charge on any atom is -0.342 e. The number of thioether (sulfide) groups is 1. The van der Waals surface area contributed by atoms with E-state index in [-0.39, 0.29) is 30.1 Å². The summed E-state index contributed by atoms with van der Waals surface area (Å²) in [6, 6.07) is 12.2. The fourth-order valence-corrected chi connectivity index (χ4v) is 4.36. The molecule has 0 saturated carbocycles. The minimum atomic E-state index is -0.373. The van der Waals surface area contributed by atoms with Gasteiger partial charge in [-0.25, -0.2) is 4.39 Å². The van der Waals surface area contributed by atoms with Crippen molar-refractivity contribution in [3.8, 4) is 0 Å². The lowest BCUT2D eigenvalue weighted by atomic mass is 10.1. The molecule has 2 heterocycles. The summed E-state index contributed by atoms with van der Waals surface area (Å²) < 4.78 is 16.2. The van der Waals surface area contributed by atoms with Gasteiger partial charge in [-0.1, -0.05) is 41.9 Å². The molecule has 4 nitrogen and oxygen atoms in total. The van der Waals surface area contributed by atoms with E-state index < -0.39 is 0 Å². The van der Waals surface area contributed by atoms with E-state index in [0.717, 1.165) is 33.1 Å². The van der Waals surface area contributed by atoms with E-state index in [0.29, 0.717) is 15.5 Å². The first-order chi connectivity index (χ1) is 14.0. The summed E-state index contributed by atoms with van der Waals surface area (Å²) in [5, 5.41) is 0.938. The zero-order valence-electron chi connectivity index (χ0n) is 15.3. The molecule has 0 radical (unpaired) electrons. The third-order valence-electron chi connectivity index (χ3n) is 4.68. The number of fused-ring (bicyclic) bond motifs is 1. The number of carbonyl (C=O) groups is 2. The lowest BCUT2D eigenvalue weighted by Gasteiger charge is -2.08. The maximum absolute atomic E-state index is 14.3. The molecule has 7 heteroatoms. The maximum Gasteiger partial charge on any atom is 0.293 e. The van der Waals surface area contributed by atoms with Crippen LogP contribution in [-0.2, 0) is 11.3 Å². The van der Waals surface area contributed by atoms with Crippen LogP contribution in [0.2, 0.25) is 5.02 Å². The zero-order chi connectivity index (χ0) is 20.5. The van der Waals surface area contributed by atoms with E-state index in [2.05, 4.69) is 6.58 Å². The third kappa shape index (κ3) is 3.61. The van der Waals surface area contributed by atoms with Crippen LogP contribution in [0.4, 0.5) is 9.18 Å². The van der Waals surface area contributed by atoms with Gasteiger partial charge in [0, 0.05) is 39.8 Å². The molecule has 0 atom stereocenters. The van der Waals surface area contributed by atoms with Crippen molar-refractivity contribution >= 4 is 51.5 Å². The number of imide groups is 1. The van der Waals surface area contributed by atoms with Crippen molar-refractivity contribution in [3.05, 3.63) is 88.2 Å². The van der Waals surface area contributed by atoms with Gasteiger partial charge in [0.25, 0.3) is 11.1 Å². The highest BCUT2D eigenvalue weighted by molar-refractivity contribution is 8.18. The number of aromatic nitrogens is 1. The van der Waals surface area contributed by atoms with Crippen molar-refractivity contribution in [1.82, 2.24) is 9.47 Å². The number of para-hydroxylation sites is 1. The van der Waals surface area contributed by atoms with Gasteiger partial charge in [0.15, 0.2) is 0 Å². The van der Waals surface area contributed by atoms with Crippen LogP contribution in [-0.4, -0.2) is 27.2 Å². The smallest absolute Gasteiger partial charge is 0.293 e. The molecule has 1 aromatic heterocycles. The molecule has 1 aliphatic heterocycles. The van der Waals surface area contributed by atoms with Crippen LogP contribution in [0, 0.1) is 5.82 Å². The van der Waals surface area contributed by atoms with E-state index in [4.69, 9.17) is 11.6 Å². The van der Waals surface area contributed by atoms with Crippen molar-refractivity contribution in [2.45, 2.75) is 6.54 Å². The van der Waals surface area contributed by atoms with Crippen molar-refractivity contribution in [3.63, 3.8) is 0 Å². The second-order valence-corrected chi connectivity index (χ2v) is 7.91. The molecule has 1 fully saturated rings. The summed E-state index contributed by atoms with van der Waals surface area (Å²) in [4.78, 5) is 26.1. The van der Waals surface area contributed by atoms with Crippen LogP contribution in [0.25, 0.3) is 17.0 Å². The SMILES string of the molecule is C=CCN1C(=O)S/C(=C\c2cn(Cc3c(F)cccc3Cl)c3ccccc23)C1=O. The monoisotopic (exact) mass is 426 g/mol. The Bertz CT molecular complexity index is 1160. The Morgan fingerprint density at radius 3 is 2.69 bits per heavy atom. The quantitative estimate of drug-likeness (QED) is 0.388. The molecule has 2 amide bonds. The average molecular weight is 427 g/mol. The van der Waals surface area contributed by atoms with Crippen LogP contribution in [0.1, 0.15) is 11.1 Å². The number of rotatable bonds is 5. The Hall–Kier alpha value is -2.83. The second-order valence-electron chi connectivity index (χ2n) is 6.51. The molecule has 3 aromatic rings. The van der Waals surface area contributed by atoms with Gasteiger partial charge in [0.2, 0.25) is 0 Å².